The molecule has 92 valence electrons. The van der Waals surface area contributed by atoms with Crippen LogP contribution in [0.2, 0.25) is 0 Å². The van der Waals surface area contributed by atoms with Crippen molar-refractivity contribution in [2.75, 3.05) is 0 Å². The Kier molecular flexibility index (Phi) is 4.76. The second-order valence-corrected chi connectivity index (χ2v) is 5.65. The molecule has 2 nitrogen and oxygen atoms in total. The lowest BCUT2D eigenvalue weighted by molar-refractivity contribution is -0.0688. The molecule has 0 aromatic heterocycles. The van der Waals surface area contributed by atoms with Crippen molar-refractivity contribution < 1.29 is 18.4 Å². The summed E-state index contributed by atoms with van der Waals surface area (Å²) in [6.45, 7) is 0. The topological polar surface area (TPSA) is 32.6 Å². The fourth-order valence-corrected chi connectivity index (χ4v) is 2.09. The highest BCUT2D eigenvalue weighted by Gasteiger charge is 2.36. The standard InChI is InChI=1S/C10H6Br2F3NO/c11-9(12)8(10(13,14)15)7-3-1-6(2-4-7)5-16-17/h1-5,17H/b16-5-. The van der Waals surface area contributed by atoms with Crippen molar-refractivity contribution in [2.45, 2.75) is 6.18 Å². The summed E-state index contributed by atoms with van der Waals surface area (Å²) in [5.41, 5.74) is -0.287. The zero-order chi connectivity index (χ0) is 13.1. The predicted octanol–water partition coefficient (Wildman–Crippen LogP) is 4.52. The van der Waals surface area contributed by atoms with Gasteiger partial charge >= 0.3 is 6.18 Å². The highest BCUT2D eigenvalue weighted by atomic mass is 79.9. The molecule has 0 aliphatic carbocycles. The number of allylic oxidation sites excluding steroid dienone is 1. The van der Waals surface area contributed by atoms with Crippen LogP contribution in [0.3, 0.4) is 0 Å². The molecule has 0 aliphatic rings. The van der Waals surface area contributed by atoms with E-state index in [4.69, 9.17) is 5.21 Å². The first-order chi connectivity index (χ1) is 7.86. The van der Waals surface area contributed by atoms with Gasteiger partial charge in [0.1, 0.15) is 0 Å². The molecule has 1 N–H and O–H groups in total. The average molecular weight is 373 g/mol. The summed E-state index contributed by atoms with van der Waals surface area (Å²) in [6, 6.07) is 5.43. The maximum Gasteiger partial charge on any atom is 0.418 e. The molecule has 0 amide bonds. The minimum absolute atomic E-state index is 0.0105. The summed E-state index contributed by atoms with van der Waals surface area (Å²) in [7, 11) is 0. The molecule has 0 aliphatic heterocycles. The lowest BCUT2D eigenvalue weighted by Crippen LogP contribution is -2.11. The molecule has 17 heavy (non-hydrogen) atoms. The van der Waals surface area contributed by atoms with Crippen molar-refractivity contribution in [2.24, 2.45) is 5.16 Å². The Labute approximate surface area is 112 Å². The number of benzene rings is 1. The van der Waals surface area contributed by atoms with Gasteiger partial charge in [0.25, 0.3) is 0 Å². The summed E-state index contributed by atoms with van der Waals surface area (Å²) in [6.07, 6.45) is -3.33. The van der Waals surface area contributed by atoms with Crippen molar-refractivity contribution in [3.8, 4) is 0 Å². The van der Waals surface area contributed by atoms with E-state index in [1.54, 1.807) is 0 Å². The maximum atomic E-state index is 12.7. The molecule has 0 radical (unpaired) electrons. The van der Waals surface area contributed by atoms with Gasteiger partial charge in [0, 0.05) is 0 Å². The van der Waals surface area contributed by atoms with Gasteiger partial charge in [-0.1, -0.05) is 29.4 Å². The Hall–Kier alpha value is -0.820. The van der Waals surface area contributed by atoms with Crippen LogP contribution in [0.1, 0.15) is 11.1 Å². The lowest BCUT2D eigenvalue weighted by atomic mass is 10.1. The van der Waals surface area contributed by atoms with E-state index < -0.39 is 11.7 Å². The summed E-state index contributed by atoms with van der Waals surface area (Å²) in [5.74, 6) is 0. The number of hydrogen-bond acceptors (Lipinski definition) is 2. The Balaban J connectivity index is 3.19. The molecule has 0 bridgehead atoms. The van der Waals surface area contributed by atoms with Crippen LogP contribution in [0.25, 0.3) is 5.57 Å². The quantitative estimate of drug-likeness (QED) is 0.462. The van der Waals surface area contributed by atoms with Gasteiger partial charge in [-0.25, -0.2) is 0 Å². The summed E-state index contributed by atoms with van der Waals surface area (Å²) < 4.78 is 38.0. The number of halogens is 5. The fraction of sp³-hybridized carbons (Fsp3) is 0.100. The fourth-order valence-electron chi connectivity index (χ4n) is 1.18. The second-order valence-electron chi connectivity index (χ2n) is 3.00. The molecule has 0 atom stereocenters. The Morgan fingerprint density at radius 1 is 1.18 bits per heavy atom. The Morgan fingerprint density at radius 3 is 2.06 bits per heavy atom. The number of nitrogens with zero attached hydrogens (tertiary/aromatic N) is 1. The number of hydrogen-bond donors (Lipinski definition) is 1. The van der Waals surface area contributed by atoms with Crippen LogP contribution in [0.5, 0.6) is 0 Å². The molecule has 0 saturated carbocycles. The lowest BCUT2D eigenvalue weighted by Gasteiger charge is -2.12. The number of rotatable bonds is 2. The number of alkyl halides is 3. The molecular weight excluding hydrogens is 367 g/mol. The van der Waals surface area contributed by atoms with Gasteiger partial charge < -0.3 is 5.21 Å². The highest BCUT2D eigenvalue weighted by Crippen LogP contribution is 2.40. The Bertz CT molecular complexity index is 448. The third kappa shape index (κ3) is 3.85. The van der Waals surface area contributed by atoms with E-state index in [9.17, 15) is 13.2 Å². The van der Waals surface area contributed by atoms with Crippen molar-refractivity contribution in [3.05, 3.63) is 38.8 Å². The zero-order valence-electron chi connectivity index (χ0n) is 8.17. The molecule has 0 saturated heterocycles. The normalized spacial score (nSPS) is 11.8. The van der Waals surface area contributed by atoms with Gasteiger partial charge in [0.2, 0.25) is 0 Å². The summed E-state index contributed by atoms with van der Waals surface area (Å²) >= 11 is 5.55. The van der Waals surface area contributed by atoms with Gasteiger partial charge in [-0.15, -0.1) is 0 Å². The van der Waals surface area contributed by atoms with Gasteiger partial charge in [-0.2, -0.15) is 13.2 Å². The van der Waals surface area contributed by atoms with E-state index in [1.165, 1.54) is 24.3 Å². The van der Waals surface area contributed by atoms with Crippen LogP contribution in [0.4, 0.5) is 13.2 Å². The van der Waals surface area contributed by atoms with E-state index in [0.717, 1.165) is 6.21 Å². The van der Waals surface area contributed by atoms with Gasteiger partial charge in [-0.05, 0) is 43.0 Å². The van der Waals surface area contributed by atoms with Gasteiger partial charge in [0.15, 0.2) is 0 Å². The third-order valence-corrected chi connectivity index (χ3v) is 2.67. The molecule has 0 unspecified atom stereocenters. The molecule has 1 aromatic rings. The third-order valence-electron chi connectivity index (χ3n) is 1.88. The van der Waals surface area contributed by atoms with Crippen LogP contribution in [-0.4, -0.2) is 17.6 Å². The molecule has 0 spiro atoms. The first kappa shape index (κ1) is 14.2. The maximum absolute atomic E-state index is 12.7. The second kappa shape index (κ2) is 5.68. The SMILES string of the molecule is O/N=C\c1ccc(C(=C(Br)Br)C(F)(F)F)cc1. The first-order valence-electron chi connectivity index (χ1n) is 4.26. The molecule has 1 rings (SSSR count). The van der Waals surface area contributed by atoms with Crippen LogP contribution in [-0.2, 0) is 0 Å². The molecule has 0 heterocycles. The van der Waals surface area contributed by atoms with Crippen molar-refractivity contribution in [1.29, 1.82) is 0 Å². The minimum atomic E-state index is -4.46. The van der Waals surface area contributed by atoms with E-state index in [0.29, 0.717) is 5.56 Å². The highest BCUT2D eigenvalue weighted by molar-refractivity contribution is 9.28. The van der Waals surface area contributed by atoms with Crippen LogP contribution < -0.4 is 0 Å². The van der Waals surface area contributed by atoms with Crippen molar-refractivity contribution in [1.82, 2.24) is 0 Å². The summed E-state index contributed by atoms with van der Waals surface area (Å²) in [5, 5.41) is 11.1. The van der Waals surface area contributed by atoms with E-state index in [1.807, 2.05) is 0 Å². The largest absolute Gasteiger partial charge is 0.418 e. The minimum Gasteiger partial charge on any atom is -0.411 e. The number of oxime groups is 1. The Morgan fingerprint density at radius 2 is 1.71 bits per heavy atom. The van der Waals surface area contributed by atoms with Crippen LogP contribution in [0.15, 0.2) is 32.8 Å². The molecule has 7 heteroatoms. The van der Waals surface area contributed by atoms with Crippen LogP contribution in [0, 0.1) is 0 Å². The van der Waals surface area contributed by atoms with E-state index in [2.05, 4.69) is 37.0 Å². The molecular formula is C10H6Br2F3NO. The van der Waals surface area contributed by atoms with Gasteiger partial charge in [0.05, 0.1) is 15.2 Å². The summed E-state index contributed by atoms with van der Waals surface area (Å²) in [4.78, 5) is 0. The van der Waals surface area contributed by atoms with E-state index >= 15 is 0 Å². The van der Waals surface area contributed by atoms with E-state index in [-0.39, 0.29) is 8.96 Å². The van der Waals surface area contributed by atoms with Crippen molar-refractivity contribution >= 4 is 43.6 Å². The molecule has 0 fully saturated rings. The smallest absolute Gasteiger partial charge is 0.411 e. The monoisotopic (exact) mass is 371 g/mol. The predicted molar refractivity (Wildman–Crippen MR) is 66.7 cm³/mol. The van der Waals surface area contributed by atoms with Crippen molar-refractivity contribution in [3.63, 3.8) is 0 Å². The zero-order valence-corrected chi connectivity index (χ0v) is 11.3. The molecule has 1 aromatic carbocycles. The average Bonchev–Trinajstić information content (AvgIpc) is 2.18. The van der Waals surface area contributed by atoms with Gasteiger partial charge in [-0.3, -0.25) is 0 Å². The van der Waals surface area contributed by atoms with Crippen LogP contribution >= 0.6 is 31.9 Å². The first-order valence-corrected chi connectivity index (χ1v) is 5.85.